The number of benzene rings is 1. The van der Waals surface area contributed by atoms with Gasteiger partial charge in [0, 0.05) is 24.7 Å². The van der Waals surface area contributed by atoms with E-state index >= 15 is 0 Å². The summed E-state index contributed by atoms with van der Waals surface area (Å²) < 4.78 is 0. The summed E-state index contributed by atoms with van der Waals surface area (Å²) in [7, 11) is 0. The Labute approximate surface area is 99.8 Å². The average molecular weight is 236 g/mol. The Kier molecular flexibility index (Phi) is 4.66. The minimum atomic E-state index is -0.586. The van der Waals surface area contributed by atoms with E-state index in [-0.39, 0.29) is 18.4 Å². The maximum Gasteiger partial charge on any atom is 0.251 e. The van der Waals surface area contributed by atoms with Crippen molar-refractivity contribution in [3.63, 3.8) is 0 Å². The number of carbonyl (C=O) groups is 2. The van der Waals surface area contributed by atoms with Gasteiger partial charge in [-0.15, -0.1) is 0 Å². The van der Waals surface area contributed by atoms with Crippen molar-refractivity contribution in [2.45, 2.75) is 20.0 Å². The van der Waals surface area contributed by atoms with E-state index < -0.39 is 6.10 Å². The number of hydrogen-bond acceptors (Lipinski definition) is 3. The highest BCUT2D eigenvalue weighted by atomic mass is 16.3. The molecule has 1 unspecified atom stereocenters. The second-order valence-electron chi connectivity index (χ2n) is 3.82. The first-order chi connectivity index (χ1) is 7.99. The molecule has 0 aromatic heterocycles. The van der Waals surface area contributed by atoms with Gasteiger partial charge < -0.3 is 15.7 Å². The fourth-order valence-electron chi connectivity index (χ4n) is 1.28. The summed E-state index contributed by atoms with van der Waals surface area (Å²) in [6.45, 7) is 3.19. The molecule has 0 aliphatic rings. The van der Waals surface area contributed by atoms with Crippen molar-refractivity contribution in [1.82, 2.24) is 5.32 Å². The predicted molar refractivity (Wildman–Crippen MR) is 64.8 cm³/mol. The third kappa shape index (κ3) is 4.65. The zero-order chi connectivity index (χ0) is 12.8. The first-order valence-electron chi connectivity index (χ1n) is 5.33. The van der Waals surface area contributed by atoms with Crippen molar-refractivity contribution in [1.29, 1.82) is 0 Å². The van der Waals surface area contributed by atoms with E-state index in [2.05, 4.69) is 10.6 Å². The molecule has 5 heteroatoms. The van der Waals surface area contributed by atoms with Crippen LogP contribution in [0.15, 0.2) is 24.3 Å². The summed E-state index contributed by atoms with van der Waals surface area (Å²) in [6, 6.07) is 6.61. The second-order valence-corrected chi connectivity index (χ2v) is 3.82. The van der Waals surface area contributed by atoms with E-state index in [9.17, 15) is 9.59 Å². The minimum absolute atomic E-state index is 0.188. The first-order valence-corrected chi connectivity index (χ1v) is 5.33. The molecule has 17 heavy (non-hydrogen) atoms. The molecular weight excluding hydrogens is 220 g/mol. The van der Waals surface area contributed by atoms with Crippen molar-refractivity contribution in [3.05, 3.63) is 29.8 Å². The number of nitrogens with one attached hydrogen (secondary N) is 2. The average Bonchev–Trinajstić information content (AvgIpc) is 2.25. The highest BCUT2D eigenvalue weighted by Crippen LogP contribution is 2.10. The Hall–Kier alpha value is -1.88. The number of anilines is 1. The third-order valence-electron chi connectivity index (χ3n) is 2.00. The van der Waals surface area contributed by atoms with Crippen molar-refractivity contribution >= 4 is 17.5 Å². The molecule has 1 atom stereocenters. The Morgan fingerprint density at radius 1 is 1.41 bits per heavy atom. The Bertz CT molecular complexity index is 416. The van der Waals surface area contributed by atoms with Gasteiger partial charge in [-0.1, -0.05) is 6.07 Å². The van der Waals surface area contributed by atoms with Gasteiger partial charge in [-0.05, 0) is 25.1 Å². The number of aliphatic hydroxyl groups is 1. The summed E-state index contributed by atoms with van der Waals surface area (Å²) in [5.74, 6) is -0.468. The summed E-state index contributed by atoms with van der Waals surface area (Å²) in [5, 5.41) is 14.2. The third-order valence-corrected chi connectivity index (χ3v) is 2.00. The summed E-state index contributed by atoms with van der Waals surface area (Å²) >= 11 is 0. The largest absolute Gasteiger partial charge is 0.392 e. The highest BCUT2D eigenvalue weighted by molar-refractivity contribution is 5.96. The van der Waals surface area contributed by atoms with Gasteiger partial charge in [0.05, 0.1) is 6.10 Å². The van der Waals surface area contributed by atoms with Crippen molar-refractivity contribution < 1.29 is 14.7 Å². The molecule has 0 saturated carbocycles. The maximum absolute atomic E-state index is 11.7. The highest BCUT2D eigenvalue weighted by Gasteiger charge is 2.07. The summed E-state index contributed by atoms with van der Waals surface area (Å²) in [6.07, 6.45) is -0.586. The smallest absolute Gasteiger partial charge is 0.251 e. The van der Waals surface area contributed by atoms with Crippen LogP contribution >= 0.6 is 0 Å². The Morgan fingerprint density at radius 3 is 2.71 bits per heavy atom. The van der Waals surface area contributed by atoms with Gasteiger partial charge >= 0.3 is 0 Å². The lowest BCUT2D eigenvalue weighted by Crippen LogP contribution is -2.30. The van der Waals surface area contributed by atoms with Crippen LogP contribution in [0.1, 0.15) is 24.2 Å². The van der Waals surface area contributed by atoms with Gasteiger partial charge in [-0.2, -0.15) is 0 Å². The van der Waals surface area contributed by atoms with E-state index in [0.717, 1.165) is 0 Å². The lowest BCUT2D eigenvalue weighted by Gasteiger charge is -2.08. The zero-order valence-electron chi connectivity index (χ0n) is 9.86. The van der Waals surface area contributed by atoms with Crippen molar-refractivity contribution in [2.75, 3.05) is 11.9 Å². The Balaban J connectivity index is 2.70. The number of hydrogen-bond donors (Lipinski definition) is 3. The van der Waals surface area contributed by atoms with Gasteiger partial charge in [0.2, 0.25) is 5.91 Å². The molecule has 0 fully saturated rings. The predicted octanol–water partition coefficient (Wildman–Crippen LogP) is 0.756. The molecule has 0 saturated heterocycles. The normalized spacial score (nSPS) is 11.7. The quantitative estimate of drug-likeness (QED) is 0.722. The van der Waals surface area contributed by atoms with Gasteiger partial charge in [-0.25, -0.2) is 0 Å². The topological polar surface area (TPSA) is 78.4 Å². The fourth-order valence-corrected chi connectivity index (χ4v) is 1.28. The van der Waals surface area contributed by atoms with E-state index in [1.807, 2.05) is 0 Å². The zero-order valence-corrected chi connectivity index (χ0v) is 9.86. The molecule has 0 aliphatic carbocycles. The molecule has 1 rings (SSSR count). The molecule has 5 nitrogen and oxygen atoms in total. The van der Waals surface area contributed by atoms with E-state index in [1.165, 1.54) is 6.92 Å². The van der Waals surface area contributed by atoms with Gasteiger partial charge in [0.15, 0.2) is 0 Å². The summed E-state index contributed by atoms with van der Waals surface area (Å²) in [5.41, 5.74) is 1.01. The van der Waals surface area contributed by atoms with Crippen LogP contribution in [0.4, 0.5) is 5.69 Å². The van der Waals surface area contributed by atoms with Crippen LogP contribution in [-0.4, -0.2) is 29.6 Å². The van der Waals surface area contributed by atoms with Gasteiger partial charge in [0.1, 0.15) is 0 Å². The molecule has 3 N–H and O–H groups in total. The summed E-state index contributed by atoms with van der Waals surface area (Å²) in [4.78, 5) is 22.5. The van der Waals surface area contributed by atoms with Crippen molar-refractivity contribution in [2.24, 2.45) is 0 Å². The minimum Gasteiger partial charge on any atom is -0.392 e. The lowest BCUT2D eigenvalue weighted by molar-refractivity contribution is -0.114. The van der Waals surface area contributed by atoms with Gasteiger partial charge in [0.25, 0.3) is 5.91 Å². The van der Waals surface area contributed by atoms with Crippen LogP contribution in [0.5, 0.6) is 0 Å². The lowest BCUT2D eigenvalue weighted by atomic mass is 10.2. The van der Waals surface area contributed by atoms with E-state index in [1.54, 1.807) is 31.2 Å². The number of rotatable bonds is 4. The fraction of sp³-hybridized carbons (Fsp3) is 0.333. The van der Waals surface area contributed by atoms with Crippen LogP contribution < -0.4 is 10.6 Å². The second kappa shape index (κ2) is 6.00. The standard InChI is InChI=1S/C12H16N2O3/c1-8(15)7-13-12(17)10-4-3-5-11(6-10)14-9(2)16/h3-6,8,15H,7H2,1-2H3,(H,13,17)(H,14,16). The molecule has 1 aromatic rings. The molecule has 92 valence electrons. The van der Waals surface area contributed by atoms with Crippen LogP contribution in [0, 0.1) is 0 Å². The number of carbonyl (C=O) groups excluding carboxylic acids is 2. The molecule has 0 bridgehead atoms. The molecule has 2 amide bonds. The maximum atomic E-state index is 11.7. The van der Waals surface area contributed by atoms with Crippen LogP contribution in [0.2, 0.25) is 0 Å². The molecule has 0 spiro atoms. The molecule has 0 heterocycles. The van der Waals surface area contributed by atoms with Crippen molar-refractivity contribution in [3.8, 4) is 0 Å². The van der Waals surface area contributed by atoms with Crippen LogP contribution in [-0.2, 0) is 4.79 Å². The van der Waals surface area contributed by atoms with Gasteiger partial charge in [-0.3, -0.25) is 9.59 Å². The van der Waals surface area contributed by atoms with Crippen LogP contribution in [0.25, 0.3) is 0 Å². The number of amides is 2. The van der Waals surface area contributed by atoms with E-state index in [4.69, 9.17) is 5.11 Å². The molecule has 0 aliphatic heterocycles. The Morgan fingerprint density at radius 2 is 2.12 bits per heavy atom. The SMILES string of the molecule is CC(=O)Nc1cccc(C(=O)NCC(C)O)c1. The molecular formula is C12H16N2O3. The van der Waals surface area contributed by atoms with Crippen LogP contribution in [0.3, 0.4) is 0 Å². The molecule has 0 radical (unpaired) electrons. The first kappa shape index (κ1) is 13.2. The van der Waals surface area contributed by atoms with E-state index in [0.29, 0.717) is 11.3 Å². The monoisotopic (exact) mass is 236 g/mol. The molecule has 1 aromatic carbocycles. The number of aliphatic hydroxyl groups excluding tert-OH is 1.